The lowest BCUT2D eigenvalue weighted by Gasteiger charge is -2.15. The molecule has 4 nitrogen and oxygen atoms in total. The van der Waals surface area contributed by atoms with Crippen LogP contribution in [0.4, 0.5) is 0 Å². The van der Waals surface area contributed by atoms with Gasteiger partial charge in [0, 0.05) is 13.0 Å². The average molecular weight is 649 g/mol. The first-order valence-corrected chi connectivity index (χ1v) is 18.5. The van der Waals surface area contributed by atoms with Crippen LogP contribution in [-0.2, 0) is 14.3 Å². The van der Waals surface area contributed by atoms with Crippen molar-refractivity contribution in [2.45, 2.75) is 136 Å². The zero-order valence-electron chi connectivity index (χ0n) is 30.0. The molecule has 1 atom stereocenters. The molecule has 1 unspecified atom stereocenters. The van der Waals surface area contributed by atoms with Crippen molar-refractivity contribution in [3.63, 3.8) is 0 Å². The van der Waals surface area contributed by atoms with Crippen LogP contribution >= 0.6 is 0 Å². The first-order valence-electron chi connectivity index (χ1n) is 18.5. The van der Waals surface area contributed by atoms with Crippen molar-refractivity contribution in [3.8, 4) is 0 Å². The summed E-state index contributed by atoms with van der Waals surface area (Å²) in [4.78, 5) is 12.1. The summed E-state index contributed by atoms with van der Waals surface area (Å²) in [6.07, 6.45) is 57.0. The normalized spacial score (nSPS) is 13.7. The standard InChI is InChI=1S/C43H68O4/c1-3-5-7-9-11-13-15-17-19-21-23-25-27-29-31-33-35-37-39-46-41-42(40-44)47-43(45)38-36-34-32-30-28-26-24-22-20-18-16-14-12-10-8-6-4-2/h5-8,11-14,17-20,23-26,29,31,42,44H,3-4,9-10,15-16,21-22,27-28,30,32-41H2,1-2H3/b7-5-,8-6-,13-11-,14-12-,19-17-,20-18-,25-23-,26-24-,31-29-. The van der Waals surface area contributed by atoms with Crippen molar-refractivity contribution in [3.05, 3.63) is 109 Å². The van der Waals surface area contributed by atoms with Gasteiger partial charge in [-0.2, -0.15) is 0 Å². The van der Waals surface area contributed by atoms with E-state index in [2.05, 4.69) is 123 Å². The zero-order chi connectivity index (χ0) is 34.1. The summed E-state index contributed by atoms with van der Waals surface area (Å²) < 4.78 is 11.1. The molecule has 0 aliphatic rings. The molecule has 0 radical (unpaired) electrons. The zero-order valence-corrected chi connectivity index (χ0v) is 30.0. The molecule has 264 valence electrons. The second-order valence-corrected chi connectivity index (χ2v) is 11.5. The van der Waals surface area contributed by atoms with Crippen molar-refractivity contribution in [2.75, 3.05) is 19.8 Å². The lowest BCUT2D eigenvalue weighted by molar-refractivity contribution is -0.154. The molecule has 0 aliphatic heterocycles. The van der Waals surface area contributed by atoms with E-state index < -0.39 is 6.10 Å². The summed E-state index contributed by atoms with van der Waals surface area (Å²) in [6, 6.07) is 0. The van der Waals surface area contributed by atoms with Crippen LogP contribution in [0.3, 0.4) is 0 Å². The molecule has 0 saturated heterocycles. The predicted octanol–water partition coefficient (Wildman–Crippen LogP) is 12.0. The summed E-state index contributed by atoms with van der Waals surface area (Å²) in [5.74, 6) is -0.245. The van der Waals surface area contributed by atoms with Gasteiger partial charge in [-0.1, -0.05) is 136 Å². The Morgan fingerprint density at radius 2 is 0.894 bits per heavy atom. The third-order valence-electron chi connectivity index (χ3n) is 7.09. The van der Waals surface area contributed by atoms with Gasteiger partial charge in [-0.05, 0) is 96.3 Å². The van der Waals surface area contributed by atoms with Gasteiger partial charge in [-0.25, -0.2) is 0 Å². The van der Waals surface area contributed by atoms with E-state index in [-0.39, 0.29) is 19.2 Å². The Labute approximate surface area is 289 Å². The molecule has 0 amide bonds. The third kappa shape index (κ3) is 37.4. The third-order valence-corrected chi connectivity index (χ3v) is 7.09. The van der Waals surface area contributed by atoms with Crippen molar-refractivity contribution in [1.82, 2.24) is 0 Å². The molecule has 1 N–H and O–H groups in total. The van der Waals surface area contributed by atoms with Gasteiger partial charge in [0.1, 0.15) is 6.10 Å². The van der Waals surface area contributed by atoms with E-state index in [1.54, 1.807) is 0 Å². The van der Waals surface area contributed by atoms with Gasteiger partial charge < -0.3 is 14.6 Å². The molecule has 0 rings (SSSR count). The molecule has 0 aromatic rings. The number of unbranched alkanes of at least 4 members (excludes halogenated alkanes) is 6. The average Bonchev–Trinajstić information content (AvgIpc) is 3.08. The summed E-state index contributed by atoms with van der Waals surface area (Å²) in [5.41, 5.74) is 0. The second kappa shape index (κ2) is 39.2. The topological polar surface area (TPSA) is 55.8 Å². The minimum Gasteiger partial charge on any atom is -0.457 e. The van der Waals surface area contributed by atoms with Crippen molar-refractivity contribution < 1.29 is 19.4 Å². The summed E-state index contributed by atoms with van der Waals surface area (Å²) in [6.45, 7) is 4.96. The molecule has 0 aromatic heterocycles. The van der Waals surface area contributed by atoms with Crippen molar-refractivity contribution in [2.24, 2.45) is 0 Å². The molecule has 0 bridgehead atoms. The Kier molecular flexibility index (Phi) is 36.8. The fourth-order valence-electron chi connectivity index (χ4n) is 4.40. The molecule has 47 heavy (non-hydrogen) atoms. The Bertz CT molecular complexity index is 945. The predicted molar refractivity (Wildman–Crippen MR) is 204 cm³/mol. The first kappa shape index (κ1) is 44.0. The van der Waals surface area contributed by atoms with E-state index in [1.165, 1.54) is 0 Å². The number of allylic oxidation sites excluding steroid dienone is 18. The van der Waals surface area contributed by atoms with Crippen LogP contribution in [-0.4, -0.2) is 37.0 Å². The van der Waals surface area contributed by atoms with Crippen LogP contribution < -0.4 is 0 Å². The number of hydrogen-bond acceptors (Lipinski definition) is 4. The molecule has 4 heteroatoms. The van der Waals surface area contributed by atoms with Gasteiger partial charge in [-0.15, -0.1) is 0 Å². The highest BCUT2D eigenvalue weighted by Crippen LogP contribution is 2.09. The first-order chi connectivity index (χ1) is 23.2. The molecule has 0 saturated carbocycles. The van der Waals surface area contributed by atoms with Gasteiger partial charge in [0.05, 0.1) is 13.2 Å². The lowest BCUT2D eigenvalue weighted by Crippen LogP contribution is -2.27. The van der Waals surface area contributed by atoms with Crippen LogP contribution in [0, 0.1) is 0 Å². The smallest absolute Gasteiger partial charge is 0.306 e. The summed E-state index contributed by atoms with van der Waals surface area (Å²) in [7, 11) is 0. The fraction of sp³-hybridized carbons (Fsp3) is 0.558. The largest absolute Gasteiger partial charge is 0.457 e. The van der Waals surface area contributed by atoms with Crippen LogP contribution in [0.5, 0.6) is 0 Å². The number of carbonyl (C=O) groups excluding carboxylic acids is 1. The van der Waals surface area contributed by atoms with E-state index in [0.717, 1.165) is 109 Å². The minimum atomic E-state index is -0.577. The summed E-state index contributed by atoms with van der Waals surface area (Å²) >= 11 is 0. The number of ether oxygens (including phenoxy) is 2. The molecule has 0 fully saturated rings. The number of rotatable bonds is 32. The molecule has 0 aromatic carbocycles. The second-order valence-electron chi connectivity index (χ2n) is 11.5. The number of aliphatic hydroxyl groups excluding tert-OH is 1. The molecular formula is C43H68O4. The molecule has 0 spiro atoms. The Morgan fingerprint density at radius 3 is 1.32 bits per heavy atom. The highest BCUT2D eigenvalue weighted by Gasteiger charge is 2.13. The van der Waals surface area contributed by atoms with Crippen LogP contribution in [0.2, 0.25) is 0 Å². The minimum absolute atomic E-state index is 0.208. The maximum absolute atomic E-state index is 12.1. The SMILES string of the molecule is CC/C=C\C/C=C\C/C=C\C/C=C\C/C=C\CCCCOCC(CO)OC(=O)CCCCCC/C=C\C/C=C\C/C=C\C/C=C\CC. The summed E-state index contributed by atoms with van der Waals surface area (Å²) in [5, 5.41) is 9.56. The van der Waals surface area contributed by atoms with Crippen LogP contribution in [0.25, 0.3) is 0 Å². The van der Waals surface area contributed by atoms with Gasteiger partial charge in [-0.3, -0.25) is 4.79 Å². The number of carbonyl (C=O) groups is 1. The number of aliphatic hydroxyl groups is 1. The van der Waals surface area contributed by atoms with Crippen LogP contribution in [0.15, 0.2) is 109 Å². The Morgan fingerprint density at radius 1 is 0.511 bits per heavy atom. The molecular weight excluding hydrogens is 580 g/mol. The van der Waals surface area contributed by atoms with Crippen molar-refractivity contribution >= 4 is 5.97 Å². The van der Waals surface area contributed by atoms with Crippen molar-refractivity contribution in [1.29, 1.82) is 0 Å². The highest BCUT2D eigenvalue weighted by molar-refractivity contribution is 5.69. The fourth-order valence-corrected chi connectivity index (χ4v) is 4.40. The maximum atomic E-state index is 12.1. The van der Waals surface area contributed by atoms with Gasteiger partial charge >= 0.3 is 5.97 Å². The van der Waals surface area contributed by atoms with E-state index >= 15 is 0 Å². The van der Waals surface area contributed by atoms with Gasteiger partial charge in [0.25, 0.3) is 0 Å². The highest BCUT2D eigenvalue weighted by atomic mass is 16.6. The Hall–Kier alpha value is -2.95. The van der Waals surface area contributed by atoms with Gasteiger partial charge in [0.15, 0.2) is 0 Å². The number of esters is 1. The van der Waals surface area contributed by atoms with E-state index in [9.17, 15) is 9.90 Å². The number of hydrogen-bond donors (Lipinski definition) is 1. The van der Waals surface area contributed by atoms with E-state index in [0.29, 0.717) is 13.0 Å². The molecule has 0 aliphatic carbocycles. The monoisotopic (exact) mass is 649 g/mol. The molecule has 0 heterocycles. The van der Waals surface area contributed by atoms with E-state index in [1.807, 2.05) is 0 Å². The Balaban J connectivity index is 3.65. The van der Waals surface area contributed by atoms with Gasteiger partial charge in [0.2, 0.25) is 0 Å². The quantitative estimate of drug-likeness (QED) is 0.0448. The lowest BCUT2D eigenvalue weighted by atomic mass is 10.1. The van der Waals surface area contributed by atoms with Crippen LogP contribution in [0.1, 0.15) is 129 Å². The van der Waals surface area contributed by atoms with E-state index in [4.69, 9.17) is 9.47 Å². The maximum Gasteiger partial charge on any atom is 0.306 e.